The Morgan fingerprint density at radius 3 is 2.70 bits per heavy atom. The van der Waals surface area contributed by atoms with Crippen molar-refractivity contribution in [3.8, 4) is 0 Å². The summed E-state index contributed by atoms with van der Waals surface area (Å²) >= 11 is 0. The van der Waals surface area contributed by atoms with E-state index in [4.69, 9.17) is 4.98 Å². The third-order valence-corrected chi connectivity index (χ3v) is 6.18. The molecule has 27 heavy (non-hydrogen) atoms. The number of benzene rings is 1. The maximum Gasteiger partial charge on any atom is 0.261 e. The van der Waals surface area contributed by atoms with E-state index in [1.165, 1.54) is 25.7 Å². The Bertz CT molecular complexity index is 896. The summed E-state index contributed by atoms with van der Waals surface area (Å²) in [5.74, 6) is 0.944. The van der Waals surface area contributed by atoms with Crippen molar-refractivity contribution in [3.05, 3.63) is 39.9 Å². The van der Waals surface area contributed by atoms with Crippen molar-refractivity contribution in [2.45, 2.75) is 77.3 Å². The monoisotopic (exact) mass is 367 g/mol. The molecule has 1 saturated carbocycles. The molecule has 0 radical (unpaired) electrons. The number of nitrogens with zero attached hydrogens (tertiary/aromatic N) is 3. The Labute approximate surface area is 160 Å². The topological polar surface area (TPSA) is 55.2 Å². The molecule has 1 fully saturated rings. The van der Waals surface area contributed by atoms with E-state index in [2.05, 4.69) is 0 Å². The van der Waals surface area contributed by atoms with Crippen molar-refractivity contribution in [2.24, 2.45) is 0 Å². The zero-order valence-corrected chi connectivity index (χ0v) is 16.2. The summed E-state index contributed by atoms with van der Waals surface area (Å²) in [6.07, 6.45) is 9.91. The molecule has 5 nitrogen and oxygen atoms in total. The minimum absolute atomic E-state index is 0.0408. The van der Waals surface area contributed by atoms with E-state index in [-0.39, 0.29) is 11.5 Å². The van der Waals surface area contributed by atoms with E-state index < -0.39 is 0 Å². The first-order chi connectivity index (χ1) is 13.2. The van der Waals surface area contributed by atoms with Gasteiger partial charge >= 0.3 is 0 Å². The second-order valence-electron chi connectivity index (χ2n) is 7.91. The summed E-state index contributed by atoms with van der Waals surface area (Å²) in [6.45, 7) is 3.52. The van der Waals surface area contributed by atoms with E-state index in [0.717, 1.165) is 51.0 Å². The van der Waals surface area contributed by atoms with Crippen LogP contribution in [-0.4, -0.2) is 32.9 Å². The number of aromatic nitrogens is 2. The van der Waals surface area contributed by atoms with Crippen molar-refractivity contribution < 1.29 is 4.79 Å². The van der Waals surface area contributed by atoms with Crippen molar-refractivity contribution in [3.63, 3.8) is 0 Å². The second kappa shape index (κ2) is 7.83. The van der Waals surface area contributed by atoms with E-state index in [1.807, 2.05) is 22.5 Å². The highest BCUT2D eigenvalue weighted by Crippen LogP contribution is 2.25. The Kier molecular flexibility index (Phi) is 5.28. The number of carbonyl (C=O) groups is 1. The van der Waals surface area contributed by atoms with Crippen LogP contribution in [0.5, 0.6) is 0 Å². The molecule has 1 aromatic heterocycles. The highest BCUT2D eigenvalue weighted by Gasteiger charge is 2.26. The molecule has 4 rings (SSSR count). The van der Waals surface area contributed by atoms with Crippen LogP contribution in [0, 0.1) is 0 Å². The molecule has 0 saturated heterocycles. The molecule has 1 aromatic carbocycles. The lowest BCUT2D eigenvalue weighted by Crippen LogP contribution is -2.38. The quantitative estimate of drug-likeness (QED) is 0.826. The van der Waals surface area contributed by atoms with Gasteiger partial charge in [-0.05, 0) is 50.8 Å². The zero-order chi connectivity index (χ0) is 18.8. The highest BCUT2D eigenvalue weighted by atomic mass is 16.2. The third-order valence-electron chi connectivity index (χ3n) is 6.18. The first-order valence-corrected chi connectivity index (χ1v) is 10.5. The average Bonchev–Trinajstić information content (AvgIpc) is 3.18. The van der Waals surface area contributed by atoms with Crippen LogP contribution in [0.3, 0.4) is 0 Å². The van der Waals surface area contributed by atoms with Crippen LogP contribution in [0.2, 0.25) is 0 Å². The Balaban J connectivity index is 1.72. The van der Waals surface area contributed by atoms with Gasteiger partial charge in [0.1, 0.15) is 5.82 Å². The van der Waals surface area contributed by atoms with Crippen molar-refractivity contribution in [1.29, 1.82) is 0 Å². The molecule has 1 amide bonds. The lowest BCUT2D eigenvalue weighted by Gasteiger charge is -2.27. The zero-order valence-electron chi connectivity index (χ0n) is 16.2. The molecule has 144 valence electrons. The molecular weight excluding hydrogens is 338 g/mol. The van der Waals surface area contributed by atoms with E-state index in [0.29, 0.717) is 22.5 Å². The summed E-state index contributed by atoms with van der Waals surface area (Å²) in [5, 5.41) is 0.625. The summed E-state index contributed by atoms with van der Waals surface area (Å²) in [4.78, 5) is 32.8. The summed E-state index contributed by atoms with van der Waals surface area (Å²) in [5.41, 5.74) is 1.36. The van der Waals surface area contributed by atoms with Gasteiger partial charge in [0, 0.05) is 31.1 Å². The number of rotatable bonds is 3. The van der Waals surface area contributed by atoms with Gasteiger partial charge < -0.3 is 4.90 Å². The van der Waals surface area contributed by atoms with Crippen LogP contribution in [0.25, 0.3) is 10.9 Å². The highest BCUT2D eigenvalue weighted by molar-refractivity contribution is 5.97. The van der Waals surface area contributed by atoms with Gasteiger partial charge in [0.25, 0.3) is 11.5 Å². The van der Waals surface area contributed by atoms with E-state index in [9.17, 15) is 9.59 Å². The fraction of sp³-hybridized carbons (Fsp3) is 0.591. The molecule has 2 aliphatic rings. The number of fused-ring (bicyclic) bond motifs is 2. The molecule has 0 atom stereocenters. The number of aryl methyl sites for hydroxylation is 1. The molecule has 0 unspecified atom stereocenters. The van der Waals surface area contributed by atoms with Crippen LogP contribution in [0.15, 0.2) is 23.0 Å². The Hall–Kier alpha value is -2.17. The molecule has 2 aromatic rings. The third kappa shape index (κ3) is 3.52. The number of carbonyl (C=O) groups excluding carboxylic acids is 1. The molecule has 2 heterocycles. The van der Waals surface area contributed by atoms with Gasteiger partial charge in [-0.3, -0.25) is 14.2 Å². The summed E-state index contributed by atoms with van der Waals surface area (Å²) < 4.78 is 1.85. The van der Waals surface area contributed by atoms with Gasteiger partial charge in [-0.2, -0.15) is 0 Å². The number of amides is 1. The van der Waals surface area contributed by atoms with Crippen molar-refractivity contribution >= 4 is 16.8 Å². The minimum Gasteiger partial charge on any atom is -0.336 e. The van der Waals surface area contributed by atoms with Gasteiger partial charge in [0.15, 0.2) is 0 Å². The Morgan fingerprint density at radius 2 is 1.93 bits per heavy atom. The molecule has 5 heteroatoms. The van der Waals surface area contributed by atoms with E-state index >= 15 is 0 Å². The molecule has 1 aliphatic carbocycles. The van der Waals surface area contributed by atoms with Gasteiger partial charge in [-0.25, -0.2) is 4.98 Å². The van der Waals surface area contributed by atoms with Crippen LogP contribution >= 0.6 is 0 Å². The lowest BCUT2D eigenvalue weighted by atomic mass is 10.1. The SMILES string of the molecule is CCN(C(=O)c1ccc2c(=O)n3c(nc2c1)CCCCCC3)C1CCCC1. The molecule has 1 aliphatic heterocycles. The van der Waals surface area contributed by atoms with Gasteiger partial charge in [-0.1, -0.05) is 25.7 Å². The molecular formula is C22H29N3O2. The smallest absolute Gasteiger partial charge is 0.261 e. The first kappa shape index (κ1) is 18.2. The standard InChI is InChI=1S/C22H29N3O2/c1-2-24(17-9-6-7-10-17)21(26)16-12-13-18-19(15-16)23-20-11-5-3-4-8-14-25(20)22(18)27/h12-13,15,17H,2-11,14H2,1H3. The summed E-state index contributed by atoms with van der Waals surface area (Å²) in [6, 6.07) is 5.79. The Morgan fingerprint density at radius 1 is 1.15 bits per heavy atom. The van der Waals surface area contributed by atoms with Crippen LogP contribution in [0.1, 0.15) is 74.5 Å². The maximum atomic E-state index is 13.1. The average molecular weight is 367 g/mol. The molecule has 0 N–H and O–H groups in total. The van der Waals surface area contributed by atoms with Crippen molar-refractivity contribution in [1.82, 2.24) is 14.5 Å². The predicted octanol–water partition coefficient (Wildman–Crippen LogP) is 3.92. The maximum absolute atomic E-state index is 13.1. The van der Waals surface area contributed by atoms with Crippen molar-refractivity contribution in [2.75, 3.05) is 6.54 Å². The summed E-state index contributed by atoms with van der Waals surface area (Å²) in [7, 11) is 0. The normalized spacial score (nSPS) is 18.1. The number of hydrogen-bond donors (Lipinski definition) is 0. The van der Waals surface area contributed by atoms with Gasteiger partial charge in [0.2, 0.25) is 0 Å². The minimum atomic E-state index is 0.0408. The fourth-order valence-corrected chi connectivity index (χ4v) is 4.68. The lowest BCUT2D eigenvalue weighted by molar-refractivity contribution is 0.0693. The molecule has 0 bridgehead atoms. The number of hydrogen-bond acceptors (Lipinski definition) is 3. The predicted molar refractivity (Wildman–Crippen MR) is 107 cm³/mol. The van der Waals surface area contributed by atoms with Gasteiger partial charge in [-0.15, -0.1) is 0 Å². The fourth-order valence-electron chi connectivity index (χ4n) is 4.68. The van der Waals surface area contributed by atoms with Crippen LogP contribution in [-0.2, 0) is 13.0 Å². The van der Waals surface area contributed by atoms with Crippen LogP contribution in [0.4, 0.5) is 0 Å². The van der Waals surface area contributed by atoms with Gasteiger partial charge in [0.05, 0.1) is 10.9 Å². The first-order valence-electron chi connectivity index (χ1n) is 10.5. The van der Waals surface area contributed by atoms with E-state index in [1.54, 1.807) is 12.1 Å². The largest absolute Gasteiger partial charge is 0.336 e. The second-order valence-corrected chi connectivity index (χ2v) is 7.91. The van der Waals surface area contributed by atoms with Crippen LogP contribution < -0.4 is 5.56 Å². The molecule has 0 spiro atoms.